The molecule has 0 aromatic carbocycles. The van der Waals surface area contributed by atoms with Gasteiger partial charge in [0.15, 0.2) is 0 Å². The first-order valence-corrected chi connectivity index (χ1v) is 2.24. The van der Waals surface area contributed by atoms with Gasteiger partial charge in [-0.3, -0.25) is 0 Å². The Morgan fingerprint density at radius 2 is 1.00 bits per heavy atom. The molecular weight excluding hydrogens is 100 g/mol. The van der Waals surface area contributed by atoms with Gasteiger partial charge in [0.05, 0.1) is 0 Å². The Labute approximate surface area is 48.6 Å². The maximum atomic E-state index is 6.54. The summed E-state index contributed by atoms with van der Waals surface area (Å²) in [5, 5.41) is 13.1. The lowest BCUT2D eigenvalue weighted by atomic mass is 10.4. The van der Waals surface area contributed by atoms with Gasteiger partial charge in [-0.1, -0.05) is 12.2 Å². The van der Waals surface area contributed by atoms with E-state index in [1.54, 1.807) is 24.3 Å². The van der Waals surface area contributed by atoms with Crippen molar-refractivity contribution in [2.24, 2.45) is 0 Å². The van der Waals surface area contributed by atoms with E-state index >= 15 is 0 Å². The van der Waals surface area contributed by atoms with Gasteiger partial charge in [-0.2, -0.15) is 0 Å². The SMILES string of the molecule is N=CC=CC=CC=N. The summed E-state index contributed by atoms with van der Waals surface area (Å²) in [6.45, 7) is 0. The maximum Gasteiger partial charge on any atom is 0.0177 e. The lowest BCUT2D eigenvalue weighted by Gasteiger charge is -1.65. The topological polar surface area (TPSA) is 47.7 Å². The van der Waals surface area contributed by atoms with Gasteiger partial charge >= 0.3 is 0 Å². The van der Waals surface area contributed by atoms with Crippen molar-refractivity contribution >= 4 is 12.4 Å². The van der Waals surface area contributed by atoms with Gasteiger partial charge in [0.2, 0.25) is 0 Å². The molecule has 8 heavy (non-hydrogen) atoms. The second-order valence-corrected chi connectivity index (χ2v) is 1.10. The standard InChI is InChI=1S/C6H8N2/c7-5-3-1-2-4-6-8/h1-8H. The molecule has 0 saturated carbocycles. The first kappa shape index (κ1) is 6.82. The molecule has 0 fully saturated rings. The Hall–Kier alpha value is -1.18. The second kappa shape index (κ2) is 5.82. The molecule has 0 aliphatic heterocycles. The molecule has 0 amide bonds. The van der Waals surface area contributed by atoms with Crippen LogP contribution >= 0.6 is 0 Å². The second-order valence-electron chi connectivity index (χ2n) is 1.10. The lowest BCUT2D eigenvalue weighted by molar-refractivity contribution is 1.57. The number of allylic oxidation sites excluding steroid dienone is 4. The molecular formula is C6H8N2. The minimum absolute atomic E-state index is 1.19. The molecule has 2 heteroatoms. The number of hydrogen-bond acceptors (Lipinski definition) is 2. The lowest BCUT2D eigenvalue weighted by Crippen LogP contribution is -1.56. The zero-order valence-corrected chi connectivity index (χ0v) is 4.46. The summed E-state index contributed by atoms with van der Waals surface area (Å²) in [5.41, 5.74) is 0. The summed E-state index contributed by atoms with van der Waals surface area (Å²) in [5.74, 6) is 0. The average Bonchev–Trinajstić information content (AvgIpc) is 1.81. The van der Waals surface area contributed by atoms with E-state index in [2.05, 4.69) is 0 Å². The van der Waals surface area contributed by atoms with Crippen molar-refractivity contribution in [3.8, 4) is 0 Å². The van der Waals surface area contributed by atoms with Gasteiger partial charge in [-0.05, 0) is 12.2 Å². The largest absolute Gasteiger partial charge is 0.309 e. The summed E-state index contributed by atoms with van der Waals surface area (Å²) >= 11 is 0. The normalized spacial score (nSPS) is 10.5. The number of hydrogen-bond donors (Lipinski definition) is 2. The summed E-state index contributed by atoms with van der Waals surface area (Å²) in [4.78, 5) is 0. The highest BCUT2D eigenvalue weighted by Crippen LogP contribution is 1.69. The van der Waals surface area contributed by atoms with E-state index in [0.29, 0.717) is 0 Å². The molecule has 0 aromatic rings. The van der Waals surface area contributed by atoms with Crippen LogP contribution in [0.15, 0.2) is 24.3 Å². The van der Waals surface area contributed by atoms with Crippen molar-refractivity contribution in [3.05, 3.63) is 24.3 Å². The maximum absolute atomic E-state index is 6.54. The fraction of sp³-hybridized carbons (Fsp3) is 0. The predicted octanol–water partition coefficient (Wildman–Crippen LogP) is 1.40. The van der Waals surface area contributed by atoms with Crippen LogP contribution < -0.4 is 0 Å². The molecule has 2 N–H and O–H groups in total. The van der Waals surface area contributed by atoms with E-state index in [-0.39, 0.29) is 0 Å². The van der Waals surface area contributed by atoms with Gasteiger partial charge in [0.25, 0.3) is 0 Å². The summed E-state index contributed by atoms with van der Waals surface area (Å²) in [7, 11) is 0. The van der Waals surface area contributed by atoms with E-state index in [9.17, 15) is 0 Å². The summed E-state index contributed by atoms with van der Waals surface area (Å²) < 4.78 is 0. The highest BCUT2D eigenvalue weighted by Gasteiger charge is 1.56. The van der Waals surface area contributed by atoms with Gasteiger partial charge < -0.3 is 10.8 Å². The quantitative estimate of drug-likeness (QED) is 0.405. The summed E-state index contributed by atoms with van der Waals surface area (Å²) in [6, 6.07) is 0. The van der Waals surface area contributed by atoms with Crippen LogP contribution in [0.5, 0.6) is 0 Å². The first-order valence-electron chi connectivity index (χ1n) is 2.24. The third-order valence-electron chi connectivity index (χ3n) is 0.526. The smallest absolute Gasteiger partial charge is 0.0177 e. The van der Waals surface area contributed by atoms with E-state index in [1.807, 2.05) is 0 Å². The Morgan fingerprint density at radius 1 is 0.625 bits per heavy atom. The Morgan fingerprint density at radius 3 is 1.25 bits per heavy atom. The summed E-state index contributed by atoms with van der Waals surface area (Å²) in [6.07, 6.45) is 8.93. The molecule has 0 unspecified atom stereocenters. The molecule has 0 bridgehead atoms. The molecule has 0 spiro atoms. The number of rotatable bonds is 3. The first-order chi connectivity index (χ1) is 3.91. The van der Waals surface area contributed by atoms with E-state index in [4.69, 9.17) is 10.8 Å². The Kier molecular flexibility index (Phi) is 4.96. The molecule has 0 heterocycles. The van der Waals surface area contributed by atoms with Gasteiger partial charge in [0.1, 0.15) is 0 Å². The third-order valence-corrected chi connectivity index (χ3v) is 0.526. The van der Waals surface area contributed by atoms with Crippen LogP contribution in [0.2, 0.25) is 0 Å². The fourth-order valence-corrected chi connectivity index (χ4v) is 0.239. The van der Waals surface area contributed by atoms with Crippen molar-refractivity contribution in [2.45, 2.75) is 0 Å². The fourth-order valence-electron chi connectivity index (χ4n) is 0.239. The average molecular weight is 108 g/mol. The van der Waals surface area contributed by atoms with Crippen molar-refractivity contribution in [1.82, 2.24) is 0 Å². The van der Waals surface area contributed by atoms with Crippen molar-refractivity contribution in [2.75, 3.05) is 0 Å². The van der Waals surface area contributed by atoms with E-state index in [0.717, 1.165) is 0 Å². The Bertz CT molecular complexity index is 106. The van der Waals surface area contributed by atoms with Crippen LogP contribution in [0, 0.1) is 10.8 Å². The highest BCUT2D eigenvalue weighted by molar-refractivity contribution is 5.70. The van der Waals surface area contributed by atoms with Crippen molar-refractivity contribution in [3.63, 3.8) is 0 Å². The molecule has 0 radical (unpaired) electrons. The Balaban J connectivity index is 3.41. The molecule has 0 aliphatic rings. The predicted molar refractivity (Wildman–Crippen MR) is 35.8 cm³/mol. The van der Waals surface area contributed by atoms with Crippen molar-refractivity contribution in [1.29, 1.82) is 10.8 Å². The highest BCUT2D eigenvalue weighted by atomic mass is 14.3. The molecule has 0 rings (SSSR count). The van der Waals surface area contributed by atoms with E-state index < -0.39 is 0 Å². The van der Waals surface area contributed by atoms with Gasteiger partial charge in [-0.15, -0.1) is 0 Å². The number of nitrogens with one attached hydrogen (secondary N) is 2. The van der Waals surface area contributed by atoms with Crippen LogP contribution in [0.4, 0.5) is 0 Å². The van der Waals surface area contributed by atoms with Gasteiger partial charge in [-0.25, -0.2) is 0 Å². The minimum atomic E-state index is 1.19. The van der Waals surface area contributed by atoms with E-state index in [1.165, 1.54) is 12.4 Å². The van der Waals surface area contributed by atoms with Crippen LogP contribution in [0.25, 0.3) is 0 Å². The van der Waals surface area contributed by atoms with Crippen LogP contribution in [0.3, 0.4) is 0 Å². The van der Waals surface area contributed by atoms with Crippen LogP contribution in [0.1, 0.15) is 0 Å². The molecule has 42 valence electrons. The minimum Gasteiger partial charge on any atom is -0.309 e. The molecule has 2 nitrogen and oxygen atoms in total. The zero-order chi connectivity index (χ0) is 6.24. The third kappa shape index (κ3) is 4.82. The van der Waals surface area contributed by atoms with Crippen LogP contribution in [-0.4, -0.2) is 12.4 Å². The molecule has 0 aliphatic carbocycles. The van der Waals surface area contributed by atoms with Crippen molar-refractivity contribution < 1.29 is 0 Å². The molecule has 0 aromatic heterocycles. The molecule has 0 saturated heterocycles. The zero-order valence-electron chi connectivity index (χ0n) is 4.46. The monoisotopic (exact) mass is 108 g/mol. The van der Waals surface area contributed by atoms with Crippen LogP contribution in [-0.2, 0) is 0 Å². The molecule has 0 atom stereocenters. The van der Waals surface area contributed by atoms with Gasteiger partial charge in [0, 0.05) is 12.4 Å².